The summed E-state index contributed by atoms with van der Waals surface area (Å²) in [4.78, 5) is 27.5. The molecule has 1 atom stereocenters. The molecule has 1 aliphatic heterocycles. The lowest BCUT2D eigenvalue weighted by atomic mass is 9.88. The van der Waals surface area contributed by atoms with Crippen molar-refractivity contribution < 1.29 is 27.5 Å². The van der Waals surface area contributed by atoms with Gasteiger partial charge in [-0.25, -0.2) is 13.1 Å². The molecule has 3 aromatic carbocycles. The van der Waals surface area contributed by atoms with Crippen LogP contribution in [0.15, 0.2) is 71.6 Å². The molecule has 5 rings (SSSR count). The SMILES string of the molecule is CCOC(=O)C1CCN(c2ccc(NC(=O)c3ccccc3OC)cc2S(=O)(=O)NC2CCCc3ccccc32)CC1. The molecule has 1 saturated heterocycles. The number of hydrogen-bond acceptors (Lipinski definition) is 7. The molecule has 1 unspecified atom stereocenters. The number of carbonyl (C=O) groups is 2. The third-order valence-electron chi connectivity index (χ3n) is 7.98. The van der Waals surface area contributed by atoms with E-state index in [0.29, 0.717) is 61.6 Å². The number of nitrogens with one attached hydrogen (secondary N) is 2. The number of benzene rings is 3. The molecular weight excluding hydrogens is 554 g/mol. The summed E-state index contributed by atoms with van der Waals surface area (Å²) in [5, 5.41) is 2.84. The number of sulfonamides is 1. The van der Waals surface area contributed by atoms with Crippen LogP contribution >= 0.6 is 0 Å². The summed E-state index contributed by atoms with van der Waals surface area (Å²) in [6, 6.07) is 19.4. The number of rotatable bonds is 9. The van der Waals surface area contributed by atoms with Crippen LogP contribution in [0.2, 0.25) is 0 Å². The number of methoxy groups -OCH3 is 1. The summed E-state index contributed by atoms with van der Waals surface area (Å²) in [6.45, 7) is 3.13. The van der Waals surface area contributed by atoms with Gasteiger partial charge in [-0.05, 0) is 80.5 Å². The van der Waals surface area contributed by atoms with Crippen LogP contribution in [0.3, 0.4) is 0 Å². The lowest BCUT2D eigenvalue weighted by Crippen LogP contribution is -2.38. The van der Waals surface area contributed by atoms with Crippen molar-refractivity contribution in [3.8, 4) is 5.75 Å². The minimum atomic E-state index is -4.02. The Labute approximate surface area is 247 Å². The molecule has 2 N–H and O–H groups in total. The number of nitrogens with zero attached hydrogens (tertiary/aromatic N) is 1. The van der Waals surface area contributed by atoms with Gasteiger partial charge < -0.3 is 19.7 Å². The van der Waals surface area contributed by atoms with Crippen LogP contribution < -0.4 is 19.7 Å². The first-order chi connectivity index (χ1) is 20.3. The van der Waals surface area contributed by atoms with E-state index in [1.54, 1.807) is 43.3 Å². The molecule has 1 aliphatic carbocycles. The number of carbonyl (C=O) groups excluding carboxylic acids is 2. The van der Waals surface area contributed by atoms with Gasteiger partial charge in [-0.1, -0.05) is 36.4 Å². The van der Waals surface area contributed by atoms with E-state index in [9.17, 15) is 18.0 Å². The van der Waals surface area contributed by atoms with Gasteiger partial charge in [0.25, 0.3) is 5.91 Å². The fourth-order valence-corrected chi connectivity index (χ4v) is 7.34. The fourth-order valence-electron chi connectivity index (χ4n) is 5.84. The topological polar surface area (TPSA) is 114 Å². The molecule has 1 fully saturated rings. The van der Waals surface area contributed by atoms with Crippen molar-refractivity contribution in [2.24, 2.45) is 5.92 Å². The van der Waals surface area contributed by atoms with E-state index in [4.69, 9.17) is 9.47 Å². The first-order valence-electron chi connectivity index (χ1n) is 14.4. The van der Waals surface area contributed by atoms with E-state index in [1.165, 1.54) is 13.2 Å². The number of aryl methyl sites for hydroxylation is 1. The van der Waals surface area contributed by atoms with Gasteiger partial charge in [-0.3, -0.25) is 9.59 Å². The molecule has 0 radical (unpaired) electrons. The molecule has 1 heterocycles. The summed E-state index contributed by atoms with van der Waals surface area (Å²) in [5.41, 5.74) is 3.36. The van der Waals surface area contributed by atoms with E-state index in [0.717, 1.165) is 24.0 Å². The largest absolute Gasteiger partial charge is 0.496 e. The maximum absolute atomic E-state index is 14.1. The van der Waals surface area contributed by atoms with Crippen LogP contribution in [0.1, 0.15) is 60.1 Å². The zero-order valence-electron chi connectivity index (χ0n) is 24.0. The highest BCUT2D eigenvalue weighted by Gasteiger charge is 2.32. The first-order valence-corrected chi connectivity index (χ1v) is 15.9. The summed E-state index contributed by atoms with van der Waals surface area (Å²) in [6.07, 6.45) is 3.62. The standard InChI is InChI=1S/C32H37N3O6S/c1-3-41-32(37)23-17-19-35(20-18-23)28-16-15-24(33-31(36)26-12-6-7-14-29(26)40-2)21-30(28)42(38,39)34-27-13-8-10-22-9-4-5-11-25(22)27/h4-7,9,11-12,14-16,21,23,27,34H,3,8,10,13,17-20H2,1-2H3,(H,33,36). The Balaban J connectivity index is 1.46. The van der Waals surface area contributed by atoms with E-state index in [2.05, 4.69) is 10.0 Å². The molecule has 9 nitrogen and oxygen atoms in total. The molecule has 0 saturated carbocycles. The molecular formula is C32H37N3O6S. The molecule has 0 bridgehead atoms. The van der Waals surface area contributed by atoms with E-state index >= 15 is 0 Å². The zero-order chi connectivity index (χ0) is 29.7. The van der Waals surface area contributed by atoms with E-state index in [-0.39, 0.29) is 22.8 Å². The Hall–Kier alpha value is -3.89. The quantitative estimate of drug-likeness (QED) is 0.334. The Morgan fingerprint density at radius 2 is 1.71 bits per heavy atom. The number of amides is 1. The number of esters is 1. The van der Waals surface area contributed by atoms with Crippen molar-refractivity contribution in [3.63, 3.8) is 0 Å². The summed E-state index contributed by atoms with van der Waals surface area (Å²) >= 11 is 0. The molecule has 0 aromatic heterocycles. The van der Waals surface area contributed by atoms with Crippen molar-refractivity contribution in [2.45, 2.75) is 50.0 Å². The van der Waals surface area contributed by atoms with Crippen molar-refractivity contribution in [1.82, 2.24) is 4.72 Å². The Bertz CT molecular complexity index is 1550. The van der Waals surface area contributed by atoms with E-state index < -0.39 is 15.9 Å². The fraction of sp³-hybridized carbons (Fsp3) is 0.375. The third kappa shape index (κ3) is 6.44. The van der Waals surface area contributed by atoms with Gasteiger partial charge in [0.2, 0.25) is 10.0 Å². The van der Waals surface area contributed by atoms with Crippen LogP contribution in [-0.4, -0.2) is 47.1 Å². The Kier molecular flexibility index (Phi) is 9.13. The zero-order valence-corrected chi connectivity index (χ0v) is 24.8. The maximum Gasteiger partial charge on any atom is 0.309 e. The molecule has 2 aliphatic rings. The molecule has 42 heavy (non-hydrogen) atoms. The second kappa shape index (κ2) is 13.0. The van der Waals surface area contributed by atoms with Crippen LogP contribution in [0.25, 0.3) is 0 Å². The van der Waals surface area contributed by atoms with Gasteiger partial charge in [0.05, 0.1) is 30.9 Å². The van der Waals surface area contributed by atoms with Crippen LogP contribution in [0.5, 0.6) is 5.75 Å². The third-order valence-corrected chi connectivity index (χ3v) is 9.48. The van der Waals surface area contributed by atoms with Crippen molar-refractivity contribution in [3.05, 3.63) is 83.4 Å². The van der Waals surface area contributed by atoms with Gasteiger partial charge in [0.1, 0.15) is 10.6 Å². The Morgan fingerprint density at radius 3 is 2.48 bits per heavy atom. The number of para-hydroxylation sites is 1. The highest BCUT2D eigenvalue weighted by atomic mass is 32.2. The highest BCUT2D eigenvalue weighted by Crippen LogP contribution is 2.35. The summed E-state index contributed by atoms with van der Waals surface area (Å²) < 4.78 is 41.7. The lowest BCUT2D eigenvalue weighted by Gasteiger charge is -2.34. The second-order valence-electron chi connectivity index (χ2n) is 10.6. The minimum Gasteiger partial charge on any atom is -0.496 e. The van der Waals surface area contributed by atoms with Gasteiger partial charge in [-0.15, -0.1) is 0 Å². The van der Waals surface area contributed by atoms with Crippen molar-refractivity contribution in [1.29, 1.82) is 0 Å². The van der Waals surface area contributed by atoms with Gasteiger partial charge in [0, 0.05) is 24.8 Å². The smallest absolute Gasteiger partial charge is 0.309 e. The minimum absolute atomic E-state index is 0.0814. The average Bonchev–Trinajstić information content (AvgIpc) is 3.01. The van der Waals surface area contributed by atoms with Crippen LogP contribution in [0.4, 0.5) is 11.4 Å². The predicted octanol–water partition coefficient (Wildman–Crippen LogP) is 5.08. The number of fused-ring (bicyclic) bond motifs is 1. The van der Waals surface area contributed by atoms with Gasteiger partial charge in [-0.2, -0.15) is 0 Å². The van der Waals surface area contributed by atoms with Crippen LogP contribution in [0, 0.1) is 5.92 Å². The molecule has 10 heteroatoms. The monoisotopic (exact) mass is 591 g/mol. The normalized spacial score (nSPS) is 17.3. The predicted molar refractivity (Wildman–Crippen MR) is 161 cm³/mol. The van der Waals surface area contributed by atoms with Gasteiger partial charge in [0.15, 0.2) is 0 Å². The molecule has 0 spiro atoms. The number of piperidine rings is 1. The average molecular weight is 592 g/mol. The first kappa shape index (κ1) is 29.6. The Morgan fingerprint density at radius 1 is 0.976 bits per heavy atom. The van der Waals surface area contributed by atoms with Crippen molar-refractivity contribution >= 4 is 33.3 Å². The van der Waals surface area contributed by atoms with E-state index in [1.807, 2.05) is 29.2 Å². The summed E-state index contributed by atoms with van der Waals surface area (Å²) in [5.74, 6) is -0.413. The van der Waals surface area contributed by atoms with Crippen LogP contribution in [-0.2, 0) is 26.0 Å². The molecule has 222 valence electrons. The number of ether oxygens (including phenoxy) is 2. The highest BCUT2D eigenvalue weighted by molar-refractivity contribution is 7.89. The second-order valence-corrected chi connectivity index (χ2v) is 12.3. The number of anilines is 2. The number of hydrogen-bond donors (Lipinski definition) is 2. The molecule has 3 aromatic rings. The van der Waals surface area contributed by atoms with Gasteiger partial charge >= 0.3 is 5.97 Å². The lowest BCUT2D eigenvalue weighted by molar-refractivity contribution is -0.148. The molecule has 1 amide bonds. The maximum atomic E-state index is 14.1. The van der Waals surface area contributed by atoms with Crippen molar-refractivity contribution in [2.75, 3.05) is 37.0 Å². The summed E-state index contributed by atoms with van der Waals surface area (Å²) in [7, 11) is -2.52.